The zero-order chi connectivity index (χ0) is 14.7. The molecule has 1 N–H and O–H groups in total. The van der Waals surface area contributed by atoms with Crippen molar-refractivity contribution in [3.05, 3.63) is 16.1 Å². The predicted molar refractivity (Wildman–Crippen MR) is 83.1 cm³/mol. The van der Waals surface area contributed by atoms with Gasteiger partial charge in [-0.25, -0.2) is 9.78 Å². The first-order valence-corrected chi connectivity index (χ1v) is 8.28. The monoisotopic (exact) mass is 295 g/mol. The zero-order valence-corrected chi connectivity index (χ0v) is 13.7. The predicted octanol–water partition coefficient (Wildman–Crippen LogP) is 3.21. The van der Waals surface area contributed by atoms with Gasteiger partial charge in [0.25, 0.3) is 0 Å². The van der Waals surface area contributed by atoms with E-state index in [-0.39, 0.29) is 6.03 Å². The smallest absolute Gasteiger partial charge is 0.317 e. The van der Waals surface area contributed by atoms with E-state index in [1.807, 2.05) is 11.1 Å². The van der Waals surface area contributed by atoms with Gasteiger partial charge in [0.2, 0.25) is 0 Å². The maximum atomic E-state index is 12.4. The highest BCUT2D eigenvalue weighted by molar-refractivity contribution is 7.11. The minimum Gasteiger partial charge on any atom is -0.338 e. The fourth-order valence-electron chi connectivity index (χ4n) is 2.24. The molecule has 0 bridgehead atoms. The Kier molecular flexibility index (Phi) is 5.02. The number of urea groups is 1. The van der Waals surface area contributed by atoms with Gasteiger partial charge in [0.1, 0.15) is 0 Å². The second-order valence-electron chi connectivity index (χ2n) is 5.97. The fourth-order valence-corrected chi connectivity index (χ4v) is 3.03. The van der Waals surface area contributed by atoms with Crippen LogP contribution in [0.3, 0.4) is 0 Å². The van der Waals surface area contributed by atoms with Crippen LogP contribution in [0.15, 0.2) is 6.20 Å². The Morgan fingerprint density at radius 3 is 2.70 bits per heavy atom. The summed E-state index contributed by atoms with van der Waals surface area (Å²) in [5.41, 5.74) is 0. The first-order valence-electron chi connectivity index (χ1n) is 7.46. The molecule has 5 heteroatoms. The number of amides is 2. The summed E-state index contributed by atoms with van der Waals surface area (Å²) in [6.07, 6.45) is 5.00. The Bertz CT molecular complexity index is 454. The standard InChI is InChI=1S/C15H25N3OS/c1-10(2)12(4)18(13-5-6-13)15(19)16-8-7-14-17-9-11(3)20-14/h9-10,12-13H,5-8H2,1-4H3,(H,16,19)/t12-/m0/s1. The van der Waals surface area contributed by atoms with Crippen LogP contribution >= 0.6 is 11.3 Å². The molecule has 1 aliphatic carbocycles. The average molecular weight is 295 g/mol. The van der Waals surface area contributed by atoms with Crippen LogP contribution < -0.4 is 5.32 Å². The van der Waals surface area contributed by atoms with Crippen LogP contribution in [0, 0.1) is 12.8 Å². The van der Waals surface area contributed by atoms with Gasteiger partial charge in [0.05, 0.1) is 5.01 Å². The zero-order valence-electron chi connectivity index (χ0n) is 12.8. The molecule has 0 aliphatic heterocycles. The normalized spacial score (nSPS) is 16.2. The molecule has 20 heavy (non-hydrogen) atoms. The van der Waals surface area contributed by atoms with E-state index in [2.05, 4.69) is 38.0 Å². The topological polar surface area (TPSA) is 45.2 Å². The van der Waals surface area contributed by atoms with Crippen LogP contribution in [0.2, 0.25) is 0 Å². The largest absolute Gasteiger partial charge is 0.338 e. The van der Waals surface area contributed by atoms with Gasteiger partial charge >= 0.3 is 6.03 Å². The lowest BCUT2D eigenvalue weighted by molar-refractivity contribution is 0.157. The molecule has 1 saturated carbocycles. The number of aromatic nitrogens is 1. The summed E-state index contributed by atoms with van der Waals surface area (Å²) in [4.78, 5) is 19.9. The van der Waals surface area contributed by atoms with Gasteiger partial charge in [-0.1, -0.05) is 13.8 Å². The van der Waals surface area contributed by atoms with Gasteiger partial charge in [-0.15, -0.1) is 11.3 Å². The Hall–Kier alpha value is -1.10. The average Bonchev–Trinajstić information content (AvgIpc) is 3.12. The molecule has 1 aliphatic rings. The molecule has 0 radical (unpaired) electrons. The van der Waals surface area contributed by atoms with E-state index in [4.69, 9.17) is 0 Å². The van der Waals surface area contributed by atoms with Crippen LogP contribution in [0.5, 0.6) is 0 Å². The van der Waals surface area contributed by atoms with E-state index >= 15 is 0 Å². The lowest BCUT2D eigenvalue weighted by Crippen LogP contribution is -2.48. The number of hydrogen-bond donors (Lipinski definition) is 1. The van der Waals surface area contributed by atoms with Gasteiger partial charge in [0.15, 0.2) is 0 Å². The Labute approximate surface area is 125 Å². The van der Waals surface area contributed by atoms with Crippen molar-refractivity contribution < 1.29 is 4.79 Å². The molecular weight excluding hydrogens is 270 g/mol. The van der Waals surface area contributed by atoms with E-state index in [0.29, 0.717) is 24.5 Å². The van der Waals surface area contributed by atoms with Crippen molar-refractivity contribution in [3.8, 4) is 0 Å². The second-order valence-corrected chi connectivity index (χ2v) is 7.29. The van der Waals surface area contributed by atoms with E-state index in [9.17, 15) is 4.79 Å². The SMILES string of the molecule is Cc1cnc(CCNC(=O)N(C2CC2)[C@@H](C)C(C)C)s1. The first kappa shape index (κ1) is 15.3. The summed E-state index contributed by atoms with van der Waals surface area (Å²) in [5.74, 6) is 0.489. The maximum Gasteiger partial charge on any atom is 0.317 e. The third kappa shape index (κ3) is 3.95. The van der Waals surface area contributed by atoms with Crippen LogP contribution in [0.25, 0.3) is 0 Å². The number of carbonyl (C=O) groups is 1. The third-order valence-corrected chi connectivity index (χ3v) is 4.84. The Balaban J connectivity index is 1.82. The number of hydrogen-bond acceptors (Lipinski definition) is 3. The molecule has 1 fully saturated rings. The summed E-state index contributed by atoms with van der Waals surface area (Å²) in [7, 11) is 0. The lowest BCUT2D eigenvalue weighted by Gasteiger charge is -2.32. The summed E-state index contributed by atoms with van der Waals surface area (Å²) in [6.45, 7) is 9.21. The third-order valence-electron chi connectivity index (χ3n) is 3.86. The number of thiazole rings is 1. The van der Waals surface area contributed by atoms with Crippen molar-refractivity contribution in [3.63, 3.8) is 0 Å². The fraction of sp³-hybridized carbons (Fsp3) is 0.733. The van der Waals surface area contributed by atoms with Gasteiger partial charge in [0, 0.05) is 36.1 Å². The molecule has 0 spiro atoms. The van der Waals surface area contributed by atoms with Crippen LogP contribution in [-0.2, 0) is 6.42 Å². The van der Waals surface area contributed by atoms with Crippen molar-refractivity contribution in [2.24, 2.45) is 5.92 Å². The Morgan fingerprint density at radius 1 is 1.50 bits per heavy atom. The minimum absolute atomic E-state index is 0.0852. The highest BCUT2D eigenvalue weighted by Gasteiger charge is 2.36. The van der Waals surface area contributed by atoms with E-state index < -0.39 is 0 Å². The summed E-state index contributed by atoms with van der Waals surface area (Å²) < 4.78 is 0. The molecule has 112 valence electrons. The highest BCUT2D eigenvalue weighted by atomic mass is 32.1. The molecule has 0 saturated heterocycles. The lowest BCUT2D eigenvalue weighted by atomic mass is 10.0. The van der Waals surface area contributed by atoms with Crippen LogP contribution in [0.1, 0.15) is 43.5 Å². The molecule has 1 aromatic rings. The first-order chi connectivity index (χ1) is 9.49. The number of nitrogens with one attached hydrogen (secondary N) is 1. The molecular formula is C15H25N3OS. The molecule has 1 aromatic heterocycles. The molecule has 0 unspecified atom stereocenters. The van der Waals surface area contributed by atoms with Gasteiger partial charge in [-0.3, -0.25) is 0 Å². The van der Waals surface area contributed by atoms with Crippen molar-refractivity contribution >= 4 is 17.4 Å². The Morgan fingerprint density at radius 2 is 2.20 bits per heavy atom. The van der Waals surface area contributed by atoms with Crippen molar-refractivity contribution in [1.29, 1.82) is 0 Å². The molecule has 0 aromatic carbocycles. The quantitative estimate of drug-likeness (QED) is 0.876. The summed E-state index contributed by atoms with van der Waals surface area (Å²) >= 11 is 1.70. The molecule has 1 heterocycles. The van der Waals surface area contributed by atoms with Crippen molar-refractivity contribution in [1.82, 2.24) is 15.2 Å². The van der Waals surface area contributed by atoms with E-state index in [1.165, 1.54) is 4.88 Å². The van der Waals surface area contributed by atoms with Crippen molar-refractivity contribution in [2.75, 3.05) is 6.54 Å². The van der Waals surface area contributed by atoms with Gasteiger partial charge in [-0.2, -0.15) is 0 Å². The number of nitrogens with zero attached hydrogens (tertiary/aromatic N) is 2. The summed E-state index contributed by atoms with van der Waals surface area (Å²) in [6, 6.07) is 0.834. The maximum absolute atomic E-state index is 12.4. The molecule has 4 nitrogen and oxygen atoms in total. The number of aryl methyl sites for hydroxylation is 1. The van der Waals surface area contributed by atoms with Gasteiger partial charge < -0.3 is 10.2 Å². The van der Waals surface area contributed by atoms with E-state index in [0.717, 1.165) is 24.3 Å². The van der Waals surface area contributed by atoms with Crippen LogP contribution in [0.4, 0.5) is 4.79 Å². The van der Waals surface area contributed by atoms with Crippen molar-refractivity contribution in [2.45, 2.75) is 59.0 Å². The number of rotatable bonds is 6. The number of carbonyl (C=O) groups excluding carboxylic acids is 1. The van der Waals surface area contributed by atoms with Crippen LogP contribution in [-0.4, -0.2) is 34.5 Å². The summed E-state index contributed by atoms with van der Waals surface area (Å²) in [5, 5.41) is 4.15. The van der Waals surface area contributed by atoms with E-state index in [1.54, 1.807) is 11.3 Å². The highest BCUT2D eigenvalue weighted by Crippen LogP contribution is 2.30. The molecule has 2 rings (SSSR count). The molecule has 2 amide bonds. The molecule has 1 atom stereocenters. The minimum atomic E-state index is 0.0852. The van der Waals surface area contributed by atoms with Gasteiger partial charge in [-0.05, 0) is 32.6 Å². The second kappa shape index (κ2) is 6.57.